The van der Waals surface area contributed by atoms with Crippen LogP contribution in [-0.2, 0) is 32.7 Å². The maximum Gasteiger partial charge on any atom is 0.472 e. The van der Waals surface area contributed by atoms with E-state index in [0.717, 1.165) is 83.5 Å². The highest BCUT2D eigenvalue weighted by atomic mass is 31.2. The Hall–Kier alpha value is -2.07. The zero-order valence-corrected chi connectivity index (χ0v) is 33.5. The molecule has 0 spiro atoms. The van der Waals surface area contributed by atoms with Gasteiger partial charge < -0.3 is 25.2 Å². The molecule has 52 heavy (non-hydrogen) atoms. The number of rotatable bonds is 38. The number of allylic oxidation sites excluding steroid dienone is 8. The number of aliphatic carboxylic acids is 1. The molecule has 0 bridgehead atoms. The average molecular weight is 756 g/mol. The Balaban J connectivity index is 4.29. The van der Waals surface area contributed by atoms with Gasteiger partial charge in [-0.25, -0.2) is 4.57 Å². The lowest BCUT2D eigenvalue weighted by molar-refractivity contribution is -0.154. The molecule has 0 saturated carbocycles. The third-order valence-electron chi connectivity index (χ3n) is 8.31. The first-order chi connectivity index (χ1) is 25.2. The van der Waals surface area contributed by atoms with Crippen LogP contribution in [0.3, 0.4) is 0 Å². The Labute approximate surface area is 316 Å². The summed E-state index contributed by atoms with van der Waals surface area (Å²) in [5, 5.41) is 8.87. The first kappa shape index (κ1) is 49.9. The number of carboxylic acid groups (broad SMARTS) is 1. The third-order valence-corrected chi connectivity index (χ3v) is 9.26. The van der Waals surface area contributed by atoms with E-state index in [-0.39, 0.29) is 13.0 Å². The summed E-state index contributed by atoms with van der Waals surface area (Å²) >= 11 is 0. The van der Waals surface area contributed by atoms with Crippen LogP contribution in [0.1, 0.15) is 162 Å². The van der Waals surface area contributed by atoms with Crippen molar-refractivity contribution in [3.63, 3.8) is 0 Å². The van der Waals surface area contributed by atoms with Crippen LogP contribution in [0.25, 0.3) is 0 Å². The minimum atomic E-state index is -4.62. The molecule has 4 N–H and O–H groups in total. The van der Waals surface area contributed by atoms with Crippen molar-refractivity contribution in [3.8, 4) is 0 Å². The van der Waals surface area contributed by atoms with Gasteiger partial charge in [0.15, 0.2) is 0 Å². The largest absolute Gasteiger partial charge is 0.480 e. The van der Waals surface area contributed by atoms with Crippen LogP contribution in [0.5, 0.6) is 0 Å². The van der Waals surface area contributed by atoms with E-state index in [1.165, 1.54) is 51.4 Å². The molecule has 0 aliphatic heterocycles. The van der Waals surface area contributed by atoms with E-state index >= 15 is 0 Å². The topological polar surface area (TPSA) is 155 Å². The van der Waals surface area contributed by atoms with Gasteiger partial charge in [-0.2, -0.15) is 0 Å². The molecule has 302 valence electrons. The molecule has 0 aliphatic rings. The normalized spacial score (nSPS) is 14.5. The zero-order chi connectivity index (χ0) is 38.4. The summed E-state index contributed by atoms with van der Waals surface area (Å²) in [7, 11) is -4.62. The van der Waals surface area contributed by atoms with Crippen molar-refractivity contribution in [1.82, 2.24) is 0 Å². The number of hydrogen-bond acceptors (Lipinski definition) is 8. The summed E-state index contributed by atoms with van der Waals surface area (Å²) in [6.07, 6.45) is 41.6. The van der Waals surface area contributed by atoms with Crippen LogP contribution in [0.15, 0.2) is 48.6 Å². The Morgan fingerprint density at radius 1 is 0.615 bits per heavy atom. The van der Waals surface area contributed by atoms with Gasteiger partial charge in [0.2, 0.25) is 0 Å². The highest BCUT2D eigenvalue weighted by Gasteiger charge is 2.27. The van der Waals surface area contributed by atoms with Gasteiger partial charge in [-0.1, -0.05) is 133 Å². The van der Waals surface area contributed by atoms with Crippen LogP contribution in [0.2, 0.25) is 0 Å². The highest BCUT2D eigenvalue weighted by Crippen LogP contribution is 2.43. The van der Waals surface area contributed by atoms with Crippen molar-refractivity contribution < 1.29 is 42.7 Å². The van der Waals surface area contributed by atoms with Crippen molar-refractivity contribution >= 4 is 19.8 Å². The smallest absolute Gasteiger partial charge is 0.472 e. The van der Waals surface area contributed by atoms with E-state index < -0.39 is 45.1 Å². The van der Waals surface area contributed by atoms with Gasteiger partial charge in [-0.05, 0) is 70.6 Å². The fourth-order valence-corrected chi connectivity index (χ4v) is 5.92. The van der Waals surface area contributed by atoms with Crippen LogP contribution in [0, 0.1) is 0 Å². The number of esters is 1. The number of unbranched alkanes of at least 4 members (excludes halogenated alkanes) is 16. The van der Waals surface area contributed by atoms with Gasteiger partial charge >= 0.3 is 19.8 Å². The predicted octanol–water partition coefficient (Wildman–Crippen LogP) is 10.7. The number of phosphoric acid groups is 1. The van der Waals surface area contributed by atoms with Gasteiger partial charge in [-0.15, -0.1) is 0 Å². The van der Waals surface area contributed by atoms with Crippen LogP contribution in [-0.4, -0.2) is 60.5 Å². The molecular formula is C41H74NO9P. The third kappa shape index (κ3) is 36.3. The summed E-state index contributed by atoms with van der Waals surface area (Å²) in [5.74, 6) is -1.80. The molecule has 0 aromatic rings. The summed E-state index contributed by atoms with van der Waals surface area (Å²) in [5.41, 5.74) is 5.34. The Morgan fingerprint density at radius 3 is 1.67 bits per heavy atom. The summed E-state index contributed by atoms with van der Waals surface area (Å²) < 4.78 is 33.2. The molecule has 3 atom stereocenters. The number of ether oxygens (including phenoxy) is 2. The molecule has 0 radical (unpaired) electrons. The molecular weight excluding hydrogens is 681 g/mol. The number of nitrogens with two attached hydrogens (primary N) is 1. The zero-order valence-electron chi connectivity index (χ0n) is 32.6. The minimum Gasteiger partial charge on any atom is -0.480 e. The van der Waals surface area contributed by atoms with Crippen LogP contribution >= 0.6 is 7.82 Å². The van der Waals surface area contributed by atoms with Crippen LogP contribution in [0.4, 0.5) is 0 Å². The molecule has 0 amide bonds. The Morgan fingerprint density at radius 2 is 1.10 bits per heavy atom. The van der Waals surface area contributed by atoms with Crippen LogP contribution < -0.4 is 5.73 Å². The van der Waals surface area contributed by atoms with Crippen molar-refractivity contribution in [3.05, 3.63) is 48.6 Å². The first-order valence-corrected chi connectivity index (χ1v) is 21.7. The molecule has 10 nitrogen and oxygen atoms in total. The summed E-state index contributed by atoms with van der Waals surface area (Å²) in [4.78, 5) is 33.4. The van der Waals surface area contributed by atoms with Gasteiger partial charge in [0.05, 0.1) is 19.8 Å². The Kier molecular flexibility index (Phi) is 35.8. The molecule has 0 saturated heterocycles. The molecule has 0 rings (SSSR count). The maximum absolute atomic E-state index is 12.6. The van der Waals surface area contributed by atoms with Gasteiger partial charge in [0.1, 0.15) is 12.1 Å². The highest BCUT2D eigenvalue weighted by molar-refractivity contribution is 7.47. The standard InChI is InChI=1S/C41H74NO9P/c1-3-5-7-9-11-13-15-16-17-18-19-20-21-22-23-25-27-29-31-33-40(43)51-38(36-49-52(46,47)50-37-39(42)41(44)45)35-48-34-32-30-28-26-24-14-12-10-8-6-4-2/h8,10-11,13,16-17,19-20,38-39H,3-7,9,12,14-15,18,21-37,42H2,1-2H3,(H,44,45)(H,46,47)/b10-8-,13-11-,17-16-,20-19-. The Bertz CT molecular complexity index is 1010. The second-order valence-electron chi connectivity index (χ2n) is 13.4. The number of carboxylic acids is 1. The van der Waals surface area contributed by atoms with Crippen molar-refractivity contribution in [1.29, 1.82) is 0 Å². The van der Waals surface area contributed by atoms with E-state index in [0.29, 0.717) is 13.0 Å². The monoisotopic (exact) mass is 756 g/mol. The number of hydrogen-bond donors (Lipinski definition) is 3. The maximum atomic E-state index is 12.6. The lowest BCUT2D eigenvalue weighted by Gasteiger charge is -2.20. The molecule has 11 heteroatoms. The van der Waals surface area contributed by atoms with E-state index in [1.807, 2.05) is 0 Å². The summed E-state index contributed by atoms with van der Waals surface area (Å²) in [6.45, 7) is 3.75. The molecule has 0 aromatic carbocycles. The quantitative estimate of drug-likeness (QED) is 0.0240. The summed E-state index contributed by atoms with van der Waals surface area (Å²) in [6, 6.07) is -1.48. The van der Waals surface area contributed by atoms with Gasteiger partial charge in [-0.3, -0.25) is 18.6 Å². The van der Waals surface area contributed by atoms with E-state index in [4.69, 9.17) is 29.4 Å². The lowest BCUT2D eigenvalue weighted by Crippen LogP contribution is -2.34. The van der Waals surface area contributed by atoms with Gasteiger partial charge in [0.25, 0.3) is 0 Å². The van der Waals surface area contributed by atoms with Gasteiger partial charge in [0, 0.05) is 13.0 Å². The second kappa shape index (κ2) is 37.3. The van der Waals surface area contributed by atoms with E-state index in [1.54, 1.807) is 0 Å². The van der Waals surface area contributed by atoms with Crippen molar-refractivity contribution in [2.24, 2.45) is 5.73 Å². The lowest BCUT2D eigenvalue weighted by atomic mass is 10.1. The molecule has 0 aliphatic carbocycles. The van der Waals surface area contributed by atoms with Crippen molar-refractivity contribution in [2.45, 2.75) is 174 Å². The SMILES string of the molecule is CCC/C=C\CCCCCCCCOCC(COP(=O)(O)OCC(N)C(=O)O)OC(=O)CCCCCCCC/C=C\C/C=C\C/C=C\CCCCC. The second-order valence-corrected chi connectivity index (χ2v) is 14.9. The number of carbonyl (C=O) groups excluding carboxylic acids is 1. The van der Waals surface area contributed by atoms with Crippen molar-refractivity contribution in [2.75, 3.05) is 26.4 Å². The molecule has 0 fully saturated rings. The fourth-order valence-electron chi connectivity index (χ4n) is 5.14. The van der Waals surface area contributed by atoms with E-state index in [9.17, 15) is 19.0 Å². The fraction of sp³-hybridized carbons (Fsp3) is 0.756. The molecule has 3 unspecified atom stereocenters. The predicted molar refractivity (Wildman–Crippen MR) is 212 cm³/mol. The number of carbonyl (C=O) groups is 2. The molecule has 0 heterocycles. The minimum absolute atomic E-state index is 0.00570. The average Bonchev–Trinajstić information content (AvgIpc) is 3.12. The number of phosphoric ester groups is 1. The first-order valence-electron chi connectivity index (χ1n) is 20.2. The molecule has 0 aromatic heterocycles. The van der Waals surface area contributed by atoms with E-state index in [2.05, 4.69) is 62.5 Å².